The number of aromatic nitrogens is 2. The van der Waals surface area contributed by atoms with Crippen LogP contribution in [-0.4, -0.2) is 35.5 Å². The molecule has 1 aromatic heterocycles. The SMILES string of the molecule is C1CC1c1nsc(N2C[C@H]3CNC[C@H]3C2)n1. The van der Waals surface area contributed by atoms with Crippen LogP contribution in [0.2, 0.25) is 0 Å². The van der Waals surface area contributed by atoms with Gasteiger partial charge in [-0.25, -0.2) is 4.98 Å². The van der Waals surface area contributed by atoms with Crippen LogP contribution in [-0.2, 0) is 0 Å². The summed E-state index contributed by atoms with van der Waals surface area (Å²) >= 11 is 1.60. The zero-order chi connectivity index (χ0) is 10.5. The third kappa shape index (κ3) is 1.45. The van der Waals surface area contributed by atoms with Gasteiger partial charge in [0.15, 0.2) is 0 Å². The van der Waals surface area contributed by atoms with E-state index in [4.69, 9.17) is 4.98 Å². The van der Waals surface area contributed by atoms with Crippen LogP contribution in [0.3, 0.4) is 0 Å². The first-order valence-corrected chi connectivity index (χ1v) is 6.97. The Morgan fingerprint density at radius 1 is 1.19 bits per heavy atom. The molecule has 0 aromatic carbocycles. The maximum atomic E-state index is 4.69. The Bertz CT molecular complexity index is 388. The fourth-order valence-corrected chi connectivity index (χ4v) is 3.64. The van der Waals surface area contributed by atoms with E-state index in [1.165, 1.54) is 39.0 Å². The summed E-state index contributed by atoms with van der Waals surface area (Å²) in [7, 11) is 0. The van der Waals surface area contributed by atoms with Crippen molar-refractivity contribution in [3.8, 4) is 0 Å². The van der Waals surface area contributed by atoms with E-state index in [0.29, 0.717) is 5.92 Å². The van der Waals surface area contributed by atoms with Gasteiger partial charge < -0.3 is 10.2 Å². The number of anilines is 1. The van der Waals surface area contributed by atoms with Gasteiger partial charge in [-0.3, -0.25) is 0 Å². The molecule has 0 radical (unpaired) electrons. The molecule has 2 saturated heterocycles. The van der Waals surface area contributed by atoms with Crippen LogP contribution in [0.5, 0.6) is 0 Å². The third-order valence-corrected chi connectivity index (χ3v) is 4.82. The van der Waals surface area contributed by atoms with Crippen LogP contribution in [0.4, 0.5) is 5.13 Å². The second kappa shape index (κ2) is 3.40. The molecule has 3 aliphatic rings. The van der Waals surface area contributed by atoms with Crippen molar-refractivity contribution < 1.29 is 0 Å². The van der Waals surface area contributed by atoms with Crippen molar-refractivity contribution in [2.24, 2.45) is 11.8 Å². The van der Waals surface area contributed by atoms with Gasteiger partial charge in [0.1, 0.15) is 5.82 Å². The Morgan fingerprint density at radius 3 is 2.62 bits per heavy atom. The summed E-state index contributed by atoms with van der Waals surface area (Å²) in [6.45, 7) is 4.73. The molecule has 86 valence electrons. The first kappa shape index (κ1) is 9.36. The van der Waals surface area contributed by atoms with Crippen molar-refractivity contribution in [2.45, 2.75) is 18.8 Å². The van der Waals surface area contributed by atoms with Crippen LogP contribution in [0.15, 0.2) is 0 Å². The lowest BCUT2D eigenvalue weighted by molar-refractivity contribution is 0.533. The molecule has 4 nitrogen and oxygen atoms in total. The Kier molecular flexibility index (Phi) is 1.99. The Balaban J connectivity index is 1.52. The zero-order valence-electron chi connectivity index (χ0n) is 9.22. The number of hydrogen-bond donors (Lipinski definition) is 1. The maximum absolute atomic E-state index is 4.69. The predicted molar refractivity (Wildman–Crippen MR) is 63.9 cm³/mol. The van der Waals surface area contributed by atoms with E-state index in [2.05, 4.69) is 14.6 Å². The fraction of sp³-hybridized carbons (Fsp3) is 0.818. The van der Waals surface area contributed by atoms with Gasteiger partial charge in [0.05, 0.1) is 0 Å². The molecular formula is C11H16N4S. The lowest BCUT2D eigenvalue weighted by Crippen LogP contribution is -2.25. The third-order valence-electron chi connectivity index (χ3n) is 4.03. The minimum atomic E-state index is 0.689. The molecule has 1 saturated carbocycles. The van der Waals surface area contributed by atoms with Crippen LogP contribution in [0.1, 0.15) is 24.6 Å². The lowest BCUT2D eigenvalue weighted by atomic mass is 10.0. The number of nitrogens with one attached hydrogen (secondary N) is 1. The van der Waals surface area contributed by atoms with Crippen molar-refractivity contribution in [1.29, 1.82) is 0 Å². The van der Waals surface area contributed by atoms with Gasteiger partial charge in [-0.1, -0.05) is 0 Å². The molecular weight excluding hydrogens is 220 g/mol. The average molecular weight is 236 g/mol. The van der Waals surface area contributed by atoms with E-state index in [1.54, 1.807) is 11.5 Å². The molecule has 0 bridgehead atoms. The number of rotatable bonds is 2. The molecule has 3 heterocycles. The van der Waals surface area contributed by atoms with E-state index >= 15 is 0 Å². The fourth-order valence-electron chi connectivity index (χ4n) is 2.87. The van der Waals surface area contributed by atoms with E-state index in [9.17, 15) is 0 Å². The standard InChI is InChI=1S/C11H16N4S/c1-2-7(1)10-13-11(16-14-10)15-5-8-3-12-4-9(8)6-15/h7-9,12H,1-6H2/t8-,9+. The molecule has 5 heteroatoms. The Morgan fingerprint density at radius 2 is 1.94 bits per heavy atom. The highest BCUT2D eigenvalue weighted by atomic mass is 32.1. The first-order chi connectivity index (χ1) is 7.90. The highest BCUT2D eigenvalue weighted by Gasteiger charge is 2.37. The van der Waals surface area contributed by atoms with Crippen molar-refractivity contribution in [1.82, 2.24) is 14.7 Å². The number of hydrogen-bond acceptors (Lipinski definition) is 5. The largest absolute Gasteiger partial charge is 0.346 e. The summed E-state index contributed by atoms with van der Waals surface area (Å²) < 4.78 is 4.49. The molecule has 2 aliphatic heterocycles. The van der Waals surface area contributed by atoms with Gasteiger partial charge >= 0.3 is 0 Å². The van der Waals surface area contributed by atoms with Gasteiger partial charge in [0.25, 0.3) is 0 Å². The number of fused-ring (bicyclic) bond motifs is 1. The molecule has 1 aliphatic carbocycles. The van der Waals surface area contributed by atoms with Crippen LogP contribution < -0.4 is 10.2 Å². The molecule has 0 unspecified atom stereocenters. The summed E-state index contributed by atoms with van der Waals surface area (Å²) in [6.07, 6.45) is 2.59. The quantitative estimate of drug-likeness (QED) is 0.834. The monoisotopic (exact) mass is 236 g/mol. The summed E-state index contributed by atoms with van der Waals surface area (Å²) in [4.78, 5) is 7.14. The van der Waals surface area contributed by atoms with Crippen molar-refractivity contribution in [3.05, 3.63) is 5.82 Å². The lowest BCUT2D eigenvalue weighted by Gasteiger charge is -2.14. The second-order valence-corrected chi connectivity index (χ2v) is 6.02. The van der Waals surface area contributed by atoms with E-state index < -0.39 is 0 Å². The maximum Gasteiger partial charge on any atom is 0.205 e. The Hall–Kier alpha value is -0.680. The summed E-state index contributed by atoms with van der Waals surface area (Å²) in [6, 6.07) is 0. The van der Waals surface area contributed by atoms with E-state index in [1.807, 2.05) is 0 Å². The average Bonchev–Trinajstić information content (AvgIpc) is 2.75. The van der Waals surface area contributed by atoms with Crippen LogP contribution >= 0.6 is 11.5 Å². The van der Waals surface area contributed by atoms with Crippen molar-refractivity contribution >= 4 is 16.7 Å². The summed E-state index contributed by atoms with van der Waals surface area (Å²) in [5.41, 5.74) is 0. The molecule has 0 spiro atoms. The topological polar surface area (TPSA) is 41.1 Å². The molecule has 0 amide bonds. The van der Waals surface area contributed by atoms with Gasteiger partial charge in [-0.2, -0.15) is 4.37 Å². The van der Waals surface area contributed by atoms with Crippen molar-refractivity contribution in [3.63, 3.8) is 0 Å². The highest BCUT2D eigenvalue weighted by Crippen LogP contribution is 2.40. The molecule has 2 atom stereocenters. The normalized spacial score (nSPS) is 33.4. The first-order valence-electron chi connectivity index (χ1n) is 6.19. The summed E-state index contributed by atoms with van der Waals surface area (Å²) in [5, 5.41) is 4.63. The molecule has 4 rings (SSSR count). The van der Waals surface area contributed by atoms with Gasteiger partial charge in [-0.05, 0) is 24.7 Å². The Labute approximate surface area is 99.2 Å². The van der Waals surface area contributed by atoms with Gasteiger partial charge in [0, 0.05) is 43.6 Å². The van der Waals surface area contributed by atoms with Crippen LogP contribution in [0.25, 0.3) is 0 Å². The zero-order valence-corrected chi connectivity index (χ0v) is 10.0. The van der Waals surface area contributed by atoms with Gasteiger partial charge in [-0.15, -0.1) is 0 Å². The summed E-state index contributed by atoms with van der Waals surface area (Å²) in [5.74, 6) is 3.48. The second-order valence-electron chi connectivity index (χ2n) is 5.29. The highest BCUT2D eigenvalue weighted by molar-refractivity contribution is 7.09. The van der Waals surface area contributed by atoms with Crippen molar-refractivity contribution in [2.75, 3.05) is 31.1 Å². The molecule has 1 aromatic rings. The smallest absolute Gasteiger partial charge is 0.205 e. The van der Waals surface area contributed by atoms with Crippen LogP contribution in [0, 0.1) is 11.8 Å². The van der Waals surface area contributed by atoms with E-state index in [-0.39, 0.29) is 0 Å². The van der Waals surface area contributed by atoms with E-state index in [0.717, 1.165) is 22.8 Å². The number of nitrogens with zero attached hydrogens (tertiary/aromatic N) is 3. The minimum Gasteiger partial charge on any atom is -0.346 e. The van der Waals surface area contributed by atoms with Gasteiger partial charge in [0.2, 0.25) is 5.13 Å². The predicted octanol–water partition coefficient (Wildman–Crippen LogP) is 1.07. The molecule has 1 N–H and O–H groups in total. The minimum absolute atomic E-state index is 0.689. The molecule has 16 heavy (non-hydrogen) atoms. The molecule has 3 fully saturated rings.